The third-order valence-corrected chi connectivity index (χ3v) is 4.75. The zero-order chi connectivity index (χ0) is 16.8. The SMILES string of the molecule is CCc1noc(CC)c1CNC(=NC)NCc1sc(C)nc1C.I. The number of aromatic nitrogens is 2. The van der Waals surface area contributed by atoms with Gasteiger partial charge in [-0.15, -0.1) is 35.3 Å². The van der Waals surface area contributed by atoms with E-state index in [2.05, 4.69) is 39.6 Å². The van der Waals surface area contributed by atoms with Crippen LogP contribution in [0, 0.1) is 13.8 Å². The van der Waals surface area contributed by atoms with Crippen molar-refractivity contribution >= 4 is 41.3 Å². The number of aliphatic imine (C=N–C) groups is 1. The van der Waals surface area contributed by atoms with Gasteiger partial charge in [0.25, 0.3) is 0 Å². The van der Waals surface area contributed by atoms with Crippen LogP contribution in [0.5, 0.6) is 0 Å². The number of guanidine groups is 1. The molecular formula is C16H26IN5OS. The Morgan fingerprint density at radius 3 is 2.42 bits per heavy atom. The van der Waals surface area contributed by atoms with Gasteiger partial charge in [0.1, 0.15) is 5.76 Å². The van der Waals surface area contributed by atoms with Gasteiger partial charge < -0.3 is 15.2 Å². The van der Waals surface area contributed by atoms with E-state index >= 15 is 0 Å². The fourth-order valence-corrected chi connectivity index (χ4v) is 3.31. The lowest BCUT2D eigenvalue weighted by atomic mass is 10.1. The van der Waals surface area contributed by atoms with Crippen LogP contribution in [0.25, 0.3) is 0 Å². The number of halogens is 1. The Labute approximate surface area is 164 Å². The van der Waals surface area contributed by atoms with Crippen molar-refractivity contribution < 1.29 is 4.52 Å². The lowest BCUT2D eigenvalue weighted by Gasteiger charge is -2.11. The molecule has 0 amide bonds. The minimum Gasteiger partial charge on any atom is -0.361 e. The van der Waals surface area contributed by atoms with Crippen molar-refractivity contribution in [1.29, 1.82) is 0 Å². The van der Waals surface area contributed by atoms with Crippen molar-refractivity contribution in [3.63, 3.8) is 0 Å². The summed E-state index contributed by atoms with van der Waals surface area (Å²) in [5.74, 6) is 1.71. The Bertz CT molecular complexity index is 659. The van der Waals surface area contributed by atoms with Gasteiger partial charge in [-0.3, -0.25) is 4.99 Å². The Morgan fingerprint density at radius 1 is 1.17 bits per heavy atom. The van der Waals surface area contributed by atoms with Crippen LogP contribution >= 0.6 is 35.3 Å². The third kappa shape index (κ3) is 5.17. The van der Waals surface area contributed by atoms with Crippen LogP contribution < -0.4 is 10.6 Å². The summed E-state index contributed by atoms with van der Waals surface area (Å²) in [4.78, 5) is 9.96. The predicted molar refractivity (Wildman–Crippen MR) is 109 cm³/mol. The maximum atomic E-state index is 5.39. The Morgan fingerprint density at radius 2 is 1.88 bits per heavy atom. The molecule has 6 nitrogen and oxygen atoms in total. The van der Waals surface area contributed by atoms with E-state index in [9.17, 15) is 0 Å². The molecule has 0 atom stereocenters. The van der Waals surface area contributed by atoms with Gasteiger partial charge in [0, 0.05) is 30.5 Å². The molecule has 0 fully saturated rings. The minimum absolute atomic E-state index is 0. The van der Waals surface area contributed by atoms with E-state index in [1.807, 2.05) is 13.8 Å². The first-order valence-electron chi connectivity index (χ1n) is 7.92. The molecule has 8 heteroatoms. The summed E-state index contributed by atoms with van der Waals surface area (Å²) < 4.78 is 5.39. The molecule has 0 spiro atoms. The smallest absolute Gasteiger partial charge is 0.191 e. The van der Waals surface area contributed by atoms with Crippen molar-refractivity contribution in [1.82, 2.24) is 20.8 Å². The zero-order valence-electron chi connectivity index (χ0n) is 14.9. The fourth-order valence-electron chi connectivity index (χ4n) is 2.43. The molecule has 0 aliphatic rings. The molecule has 2 aromatic rings. The number of thiazole rings is 1. The highest BCUT2D eigenvalue weighted by Crippen LogP contribution is 2.17. The molecule has 0 aliphatic heterocycles. The minimum atomic E-state index is 0. The first kappa shape index (κ1) is 20.9. The van der Waals surface area contributed by atoms with E-state index in [0.29, 0.717) is 6.54 Å². The van der Waals surface area contributed by atoms with Crippen LogP contribution in [0.2, 0.25) is 0 Å². The quantitative estimate of drug-likeness (QED) is 0.391. The second kappa shape index (κ2) is 9.97. The van der Waals surface area contributed by atoms with Crippen molar-refractivity contribution in [3.8, 4) is 0 Å². The second-order valence-corrected chi connectivity index (χ2v) is 6.55. The molecule has 0 bridgehead atoms. The number of hydrogen-bond acceptors (Lipinski definition) is 5. The van der Waals surface area contributed by atoms with Gasteiger partial charge in [0.2, 0.25) is 0 Å². The molecule has 0 aromatic carbocycles. The van der Waals surface area contributed by atoms with E-state index in [1.165, 1.54) is 4.88 Å². The van der Waals surface area contributed by atoms with E-state index in [1.54, 1.807) is 18.4 Å². The van der Waals surface area contributed by atoms with E-state index < -0.39 is 0 Å². The van der Waals surface area contributed by atoms with Gasteiger partial charge in [-0.2, -0.15) is 0 Å². The number of hydrogen-bond donors (Lipinski definition) is 2. The Hall–Kier alpha value is -1.16. The number of nitrogens with zero attached hydrogens (tertiary/aromatic N) is 3. The fraction of sp³-hybridized carbons (Fsp3) is 0.562. The van der Waals surface area contributed by atoms with Crippen LogP contribution in [0.3, 0.4) is 0 Å². The number of aryl methyl sites for hydroxylation is 4. The average molecular weight is 463 g/mol. The van der Waals surface area contributed by atoms with Gasteiger partial charge in [0.05, 0.1) is 22.9 Å². The highest BCUT2D eigenvalue weighted by Gasteiger charge is 2.13. The lowest BCUT2D eigenvalue weighted by Crippen LogP contribution is -2.36. The van der Waals surface area contributed by atoms with Crippen LogP contribution in [-0.2, 0) is 25.9 Å². The monoisotopic (exact) mass is 463 g/mol. The van der Waals surface area contributed by atoms with Gasteiger partial charge in [-0.1, -0.05) is 19.0 Å². The third-order valence-electron chi connectivity index (χ3n) is 3.68. The van der Waals surface area contributed by atoms with Gasteiger partial charge in [0.15, 0.2) is 5.96 Å². The standard InChI is InChI=1S/C16H25N5OS.HI/c1-6-13-12(14(7-2)22-21-13)8-18-16(17-5)19-9-15-10(3)20-11(4)23-15;/h6-9H2,1-5H3,(H2,17,18,19);1H. The summed E-state index contributed by atoms with van der Waals surface area (Å²) in [5, 5.41) is 11.9. The maximum absolute atomic E-state index is 5.39. The summed E-state index contributed by atoms with van der Waals surface area (Å²) in [7, 11) is 1.77. The Balaban J connectivity index is 0.00000288. The summed E-state index contributed by atoms with van der Waals surface area (Å²) in [6.07, 6.45) is 1.71. The van der Waals surface area contributed by atoms with Crippen molar-refractivity contribution in [3.05, 3.63) is 32.6 Å². The maximum Gasteiger partial charge on any atom is 0.191 e. The second-order valence-electron chi connectivity index (χ2n) is 5.26. The first-order valence-corrected chi connectivity index (χ1v) is 8.74. The van der Waals surface area contributed by atoms with Crippen molar-refractivity contribution in [2.24, 2.45) is 4.99 Å². The van der Waals surface area contributed by atoms with E-state index in [-0.39, 0.29) is 24.0 Å². The molecule has 134 valence electrons. The predicted octanol–water partition coefficient (Wildman–Crippen LogP) is 3.36. The van der Waals surface area contributed by atoms with Crippen LogP contribution in [0.4, 0.5) is 0 Å². The van der Waals surface area contributed by atoms with Crippen molar-refractivity contribution in [2.45, 2.75) is 53.6 Å². The molecule has 0 aliphatic carbocycles. The molecule has 0 saturated heterocycles. The zero-order valence-corrected chi connectivity index (χ0v) is 18.0. The average Bonchev–Trinajstić information content (AvgIpc) is 3.09. The van der Waals surface area contributed by atoms with Gasteiger partial charge in [-0.25, -0.2) is 4.98 Å². The van der Waals surface area contributed by atoms with E-state index in [4.69, 9.17) is 4.52 Å². The van der Waals surface area contributed by atoms with Crippen LogP contribution in [0.1, 0.15) is 46.4 Å². The van der Waals surface area contributed by atoms with Crippen LogP contribution in [0.15, 0.2) is 9.52 Å². The molecule has 2 aromatic heterocycles. The van der Waals surface area contributed by atoms with Gasteiger partial charge >= 0.3 is 0 Å². The number of nitrogens with one attached hydrogen (secondary N) is 2. The molecule has 2 heterocycles. The highest BCUT2D eigenvalue weighted by molar-refractivity contribution is 14.0. The Kier molecular flexibility index (Phi) is 8.68. The highest BCUT2D eigenvalue weighted by atomic mass is 127. The molecule has 2 N–H and O–H groups in total. The van der Waals surface area contributed by atoms with Crippen LogP contribution in [-0.4, -0.2) is 23.1 Å². The topological polar surface area (TPSA) is 75.3 Å². The molecule has 2 rings (SSSR count). The summed E-state index contributed by atoms with van der Waals surface area (Å²) >= 11 is 1.71. The first-order chi connectivity index (χ1) is 11.1. The summed E-state index contributed by atoms with van der Waals surface area (Å²) in [6, 6.07) is 0. The normalized spacial score (nSPS) is 11.3. The van der Waals surface area contributed by atoms with Crippen molar-refractivity contribution in [2.75, 3.05) is 7.05 Å². The van der Waals surface area contributed by atoms with E-state index in [0.717, 1.165) is 53.1 Å². The molecule has 0 unspecified atom stereocenters. The lowest BCUT2D eigenvalue weighted by molar-refractivity contribution is 0.380. The van der Waals surface area contributed by atoms with Gasteiger partial charge in [-0.05, 0) is 20.3 Å². The molecule has 0 saturated carbocycles. The molecule has 24 heavy (non-hydrogen) atoms. The number of rotatable bonds is 6. The summed E-state index contributed by atoms with van der Waals surface area (Å²) in [5.41, 5.74) is 3.23. The molecule has 0 radical (unpaired) electrons. The molecular weight excluding hydrogens is 437 g/mol. The summed E-state index contributed by atoms with van der Waals surface area (Å²) in [6.45, 7) is 9.61. The largest absolute Gasteiger partial charge is 0.361 e.